The van der Waals surface area contributed by atoms with Crippen molar-refractivity contribution in [1.29, 1.82) is 0 Å². The maximum Gasteiger partial charge on any atom is 0.260 e. The summed E-state index contributed by atoms with van der Waals surface area (Å²) < 4.78 is 12.5. The molecule has 23 heavy (non-hydrogen) atoms. The average Bonchev–Trinajstić information content (AvgIpc) is 2.99. The molecule has 2 aromatic heterocycles. The van der Waals surface area contributed by atoms with Gasteiger partial charge in [-0.05, 0) is 19.1 Å². The molecule has 0 saturated heterocycles. The van der Waals surface area contributed by atoms with E-state index in [0.717, 1.165) is 11.5 Å². The molecular weight excluding hydrogens is 296 g/mol. The summed E-state index contributed by atoms with van der Waals surface area (Å²) in [4.78, 5) is 23.3. The molecule has 0 bridgehead atoms. The maximum absolute atomic E-state index is 12.9. The molecule has 7 nitrogen and oxygen atoms in total. The number of imidazole rings is 1. The van der Waals surface area contributed by atoms with E-state index in [2.05, 4.69) is 14.5 Å². The Bertz CT molecular complexity index is 713. The van der Waals surface area contributed by atoms with Crippen LogP contribution in [0.5, 0.6) is 5.88 Å². The van der Waals surface area contributed by atoms with Gasteiger partial charge in [-0.1, -0.05) is 0 Å². The number of rotatable bonds is 4. The van der Waals surface area contributed by atoms with Gasteiger partial charge in [0.2, 0.25) is 5.88 Å². The lowest BCUT2D eigenvalue weighted by molar-refractivity contribution is 0.0628. The number of fused-ring (bicyclic) bond motifs is 1. The first-order chi connectivity index (χ1) is 11.2. The number of aromatic nitrogens is 3. The number of pyridine rings is 1. The second-order valence-electron chi connectivity index (χ2n) is 5.43. The van der Waals surface area contributed by atoms with E-state index in [1.54, 1.807) is 30.3 Å². The summed E-state index contributed by atoms with van der Waals surface area (Å²) in [6, 6.07) is 3.35. The van der Waals surface area contributed by atoms with E-state index < -0.39 is 0 Å². The van der Waals surface area contributed by atoms with E-state index in [0.29, 0.717) is 31.1 Å². The minimum atomic E-state index is -0.119. The Morgan fingerprint density at radius 1 is 1.35 bits per heavy atom. The fraction of sp³-hybridized carbons (Fsp3) is 0.438. The second-order valence-corrected chi connectivity index (χ2v) is 5.43. The third kappa shape index (κ3) is 2.68. The van der Waals surface area contributed by atoms with E-state index in [4.69, 9.17) is 9.47 Å². The predicted molar refractivity (Wildman–Crippen MR) is 83.2 cm³/mol. The Morgan fingerprint density at radius 2 is 2.17 bits per heavy atom. The summed E-state index contributed by atoms with van der Waals surface area (Å²) in [6.45, 7) is 3.81. The Kier molecular flexibility index (Phi) is 4.29. The number of carbonyl (C=O) groups is 1. The Labute approximate surface area is 134 Å². The average molecular weight is 316 g/mol. The molecule has 0 fully saturated rings. The Morgan fingerprint density at radius 3 is 2.91 bits per heavy atom. The molecule has 122 valence electrons. The smallest absolute Gasteiger partial charge is 0.260 e. The number of hydrogen-bond acceptors (Lipinski definition) is 5. The van der Waals surface area contributed by atoms with E-state index in [1.165, 1.54) is 7.11 Å². The number of ether oxygens (including phenoxy) is 2. The summed E-state index contributed by atoms with van der Waals surface area (Å²) in [5.41, 5.74) is 1.50. The van der Waals surface area contributed by atoms with E-state index in [1.807, 2.05) is 13.1 Å². The van der Waals surface area contributed by atoms with Gasteiger partial charge in [0.1, 0.15) is 11.4 Å². The summed E-state index contributed by atoms with van der Waals surface area (Å²) >= 11 is 0. The van der Waals surface area contributed by atoms with Crippen LogP contribution >= 0.6 is 0 Å². The normalized spacial score (nSPS) is 17.0. The van der Waals surface area contributed by atoms with E-state index in [9.17, 15) is 4.79 Å². The van der Waals surface area contributed by atoms with Crippen molar-refractivity contribution in [3.63, 3.8) is 0 Å². The van der Waals surface area contributed by atoms with Crippen LogP contribution in [0.1, 0.15) is 34.8 Å². The molecule has 2 aromatic rings. The van der Waals surface area contributed by atoms with Gasteiger partial charge < -0.3 is 18.9 Å². The van der Waals surface area contributed by atoms with Crippen molar-refractivity contribution >= 4 is 5.91 Å². The highest BCUT2D eigenvalue weighted by Crippen LogP contribution is 2.28. The van der Waals surface area contributed by atoms with Crippen LogP contribution in [-0.4, -0.2) is 46.1 Å². The standard InChI is InChI=1S/C16H20N4O3/c1-11-14-18-9-12(10-22-2)20(14)8-7-19(11)16(21)13-5-4-6-17-15(13)23-3/h4-6,9,11H,7-8,10H2,1-3H3/t11-/m0/s1. The minimum Gasteiger partial charge on any atom is -0.480 e. The number of hydrogen-bond donors (Lipinski definition) is 0. The molecule has 1 amide bonds. The topological polar surface area (TPSA) is 69.5 Å². The molecule has 1 atom stereocenters. The monoisotopic (exact) mass is 316 g/mol. The quantitative estimate of drug-likeness (QED) is 0.858. The first-order valence-electron chi connectivity index (χ1n) is 7.50. The number of nitrogens with zero attached hydrogens (tertiary/aromatic N) is 4. The molecule has 0 aromatic carbocycles. The van der Waals surface area contributed by atoms with Gasteiger partial charge in [0, 0.05) is 26.4 Å². The predicted octanol–water partition coefficient (Wildman–Crippen LogP) is 1.65. The van der Waals surface area contributed by atoms with Crippen molar-refractivity contribution in [3.05, 3.63) is 41.6 Å². The van der Waals surface area contributed by atoms with Crippen LogP contribution in [0.25, 0.3) is 0 Å². The molecule has 1 aliphatic rings. The van der Waals surface area contributed by atoms with Crippen LogP contribution in [0, 0.1) is 0 Å². The summed E-state index contributed by atoms with van der Waals surface area (Å²) in [6.07, 6.45) is 3.42. The molecule has 3 rings (SSSR count). The summed E-state index contributed by atoms with van der Waals surface area (Å²) in [5, 5.41) is 0. The van der Waals surface area contributed by atoms with Crippen molar-refractivity contribution in [2.45, 2.75) is 26.1 Å². The number of amides is 1. The lowest BCUT2D eigenvalue weighted by atomic mass is 10.1. The molecular formula is C16H20N4O3. The molecule has 7 heteroatoms. The highest BCUT2D eigenvalue weighted by Gasteiger charge is 2.32. The molecule has 0 N–H and O–H groups in total. The molecule has 0 unspecified atom stereocenters. The largest absolute Gasteiger partial charge is 0.480 e. The lowest BCUT2D eigenvalue weighted by Gasteiger charge is -2.34. The molecule has 0 aliphatic carbocycles. The minimum absolute atomic E-state index is 0.0926. The zero-order valence-electron chi connectivity index (χ0n) is 13.5. The first-order valence-corrected chi connectivity index (χ1v) is 7.50. The van der Waals surface area contributed by atoms with Crippen LogP contribution in [-0.2, 0) is 17.9 Å². The summed E-state index contributed by atoms with van der Waals surface area (Å²) in [5.74, 6) is 1.13. The van der Waals surface area contributed by atoms with Gasteiger partial charge >= 0.3 is 0 Å². The molecule has 1 aliphatic heterocycles. The van der Waals surface area contributed by atoms with Gasteiger partial charge in [0.05, 0.1) is 31.6 Å². The fourth-order valence-corrected chi connectivity index (χ4v) is 2.97. The molecule has 0 radical (unpaired) electrons. The van der Waals surface area contributed by atoms with Crippen LogP contribution in [0.15, 0.2) is 24.5 Å². The zero-order chi connectivity index (χ0) is 16.4. The van der Waals surface area contributed by atoms with Gasteiger partial charge in [-0.15, -0.1) is 0 Å². The first kappa shape index (κ1) is 15.5. The SMILES string of the molecule is COCc1cnc2n1CCN(C(=O)c1cccnc1OC)[C@H]2C. The van der Waals surface area contributed by atoms with Crippen LogP contribution in [0.4, 0.5) is 0 Å². The second kappa shape index (κ2) is 6.37. The van der Waals surface area contributed by atoms with Crippen LogP contribution < -0.4 is 4.74 Å². The van der Waals surface area contributed by atoms with Gasteiger partial charge in [0.15, 0.2) is 0 Å². The third-order valence-corrected chi connectivity index (χ3v) is 4.12. The fourth-order valence-electron chi connectivity index (χ4n) is 2.97. The number of methoxy groups -OCH3 is 2. The van der Waals surface area contributed by atoms with Crippen molar-refractivity contribution < 1.29 is 14.3 Å². The Balaban J connectivity index is 1.88. The molecule has 3 heterocycles. The molecule has 0 saturated carbocycles. The van der Waals surface area contributed by atoms with Gasteiger partial charge in [-0.25, -0.2) is 9.97 Å². The van der Waals surface area contributed by atoms with Crippen molar-refractivity contribution in [2.75, 3.05) is 20.8 Å². The van der Waals surface area contributed by atoms with Gasteiger partial charge in [-0.2, -0.15) is 0 Å². The Hall–Kier alpha value is -2.41. The van der Waals surface area contributed by atoms with Crippen LogP contribution in [0.3, 0.4) is 0 Å². The van der Waals surface area contributed by atoms with Crippen LogP contribution in [0.2, 0.25) is 0 Å². The van der Waals surface area contributed by atoms with Gasteiger partial charge in [-0.3, -0.25) is 4.79 Å². The van der Waals surface area contributed by atoms with Crippen molar-refractivity contribution in [3.8, 4) is 5.88 Å². The van der Waals surface area contributed by atoms with E-state index >= 15 is 0 Å². The van der Waals surface area contributed by atoms with Crippen molar-refractivity contribution in [1.82, 2.24) is 19.4 Å². The highest BCUT2D eigenvalue weighted by atomic mass is 16.5. The molecule has 0 spiro atoms. The summed E-state index contributed by atoms with van der Waals surface area (Å²) in [7, 11) is 3.18. The maximum atomic E-state index is 12.9. The van der Waals surface area contributed by atoms with E-state index in [-0.39, 0.29) is 11.9 Å². The highest BCUT2D eigenvalue weighted by molar-refractivity contribution is 5.96. The third-order valence-electron chi connectivity index (χ3n) is 4.12. The lowest BCUT2D eigenvalue weighted by Crippen LogP contribution is -2.41. The van der Waals surface area contributed by atoms with Crippen molar-refractivity contribution in [2.24, 2.45) is 0 Å². The van der Waals surface area contributed by atoms with Gasteiger partial charge in [0.25, 0.3) is 5.91 Å². The number of carbonyl (C=O) groups excluding carboxylic acids is 1. The zero-order valence-corrected chi connectivity index (χ0v) is 13.5.